The maximum Gasteiger partial charge on any atom is 0.144 e. The van der Waals surface area contributed by atoms with Crippen LogP contribution < -0.4 is 15.8 Å². The van der Waals surface area contributed by atoms with Crippen molar-refractivity contribution in [3.05, 3.63) is 24.3 Å². The zero-order chi connectivity index (χ0) is 15.7. The van der Waals surface area contributed by atoms with E-state index in [1.807, 2.05) is 45.0 Å². The van der Waals surface area contributed by atoms with Crippen molar-refractivity contribution in [3.8, 4) is 5.75 Å². The lowest BCUT2D eigenvalue weighted by Crippen LogP contribution is -2.31. The number of hydrogen-bond acceptors (Lipinski definition) is 4. The van der Waals surface area contributed by atoms with Crippen LogP contribution in [0.4, 0.5) is 5.69 Å². The molecule has 4 N–H and O–H groups in total. The predicted octanol–water partition coefficient (Wildman–Crippen LogP) is 3.44. The Hall–Kier alpha value is -1.91. The molecule has 0 heterocycles. The normalized spacial score (nSPS) is 12.2. The number of anilines is 1. The number of rotatable bonds is 9. The number of unbranched alkanes of at least 4 members (excludes halogenated alkanes) is 1. The number of nitrogens with two attached hydrogens (primary N) is 1. The molecule has 0 fully saturated rings. The SMILES string of the molecule is CCOc1ccc(NCCCCC(C)(C)/C(N)=N/O)cc1. The van der Waals surface area contributed by atoms with Crippen molar-refractivity contribution in [1.82, 2.24) is 0 Å². The summed E-state index contributed by atoms with van der Waals surface area (Å²) < 4.78 is 5.40. The van der Waals surface area contributed by atoms with Crippen LogP contribution >= 0.6 is 0 Å². The Balaban J connectivity index is 2.25. The van der Waals surface area contributed by atoms with Crippen LogP contribution in [0.3, 0.4) is 0 Å². The highest BCUT2D eigenvalue weighted by atomic mass is 16.5. The van der Waals surface area contributed by atoms with Crippen LogP contribution in [-0.2, 0) is 0 Å². The van der Waals surface area contributed by atoms with Crippen molar-refractivity contribution in [2.75, 3.05) is 18.5 Å². The molecule has 0 bridgehead atoms. The van der Waals surface area contributed by atoms with Crippen molar-refractivity contribution < 1.29 is 9.94 Å². The van der Waals surface area contributed by atoms with Gasteiger partial charge in [0.25, 0.3) is 0 Å². The zero-order valence-corrected chi connectivity index (χ0v) is 13.2. The summed E-state index contributed by atoms with van der Waals surface area (Å²) in [7, 11) is 0. The van der Waals surface area contributed by atoms with E-state index in [0.717, 1.165) is 37.2 Å². The van der Waals surface area contributed by atoms with E-state index in [1.54, 1.807) is 0 Å². The number of ether oxygens (including phenoxy) is 1. The minimum atomic E-state index is -0.256. The van der Waals surface area contributed by atoms with Crippen LogP contribution in [0.5, 0.6) is 5.75 Å². The van der Waals surface area contributed by atoms with Crippen molar-refractivity contribution in [2.24, 2.45) is 16.3 Å². The van der Waals surface area contributed by atoms with Crippen molar-refractivity contribution in [3.63, 3.8) is 0 Å². The van der Waals surface area contributed by atoms with Gasteiger partial charge in [-0.25, -0.2) is 0 Å². The number of nitrogens with one attached hydrogen (secondary N) is 1. The molecule has 1 aromatic carbocycles. The molecule has 21 heavy (non-hydrogen) atoms. The van der Waals surface area contributed by atoms with E-state index in [9.17, 15) is 0 Å². The van der Waals surface area contributed by atoms with Crippen LogP contribution in [0.1, 0.15) is 40.0 Å². The molecule has 0 aromatic heterocycles. The lowest BCUT2D eigenvalue weighted by atomic mass is 9.86. The van der Waals surface area contributed by atoms with Crippen LogP contribution in [0.2, 0.25) is 0 Å². The minimum Gasteiger partial charge on any atom is -0.494 e. The molecule has 0 radical (unpaired) electrons. The fourth-order valence-corrected chi connectivity index (χ4v) is 2.02. The highest BCUT2D eigenvalue weighted by molar-refractivity contribution is 5.85. The molecular weight excluding hydrogens is 266 g/mol. The predicted molar refractivity (Wildman–Crippen MR) is 87.1 cm³/mol. The molecule has 1 aromatic rings. The number of nitrogens with zero attached hydrogens (tertiary/aromatic N) is 1. The van der Waals surface area contributed by atoms with E-state index >= 15 is 0 Å². The summed E-state index contributed by atoms with van der Waals surface area (Å²) in [6.07, 6.45) is 2.95. The molecule has 1 rings (SSSR count). The van der Waals surface area contributed by atoms with Crippen LogP contribution in [0.25, 0.3) is 0 Å². The number of benzene rings is 1. The van der Waals surface area contributed by atoms with Gasteiger partial charge >= 0.3 is 0 Å². The summed E-state index contributed by atoms with van der Waals surface area (Å²) in [6.45, 7) is 7.54. The maximum atomic E-state index is 8.72. The topological polar surface area (TPSA) is 79.9 Å². The van der Waals surface area contributed by atoms with Gasteiger partial charge in [-0.1, -0.05) is 25.4 Å². The van der Waals surface area contributed by atoms with Gasteiger partial charge in [0.2, 0.25) is 0 Å². The molecule has 0 saturated carbocycles. The smallest absolute Gasteiger partial charge is 0.144 e. The van der Waals surface area contributed by atoms with Crippen LogP contribution in [-0.4, -0.2) is 24.2 Å². The van der Waals surface area contributed by atoms with Gasteiger partial charge in [-0.2, -0.15) is 0 Å². The summed E-state index contributed by atoms with van der Waals surface area (Å²) in [6, 6.07) is 7.97. The van der Waals surface area contributed by atoms with E-state index in [1.165, 1.54) is 0 Å². The van der Waals surface area contributed by atoms with Crippen LogP contribution in [0.15, 0.2) is 29.4 Å². The first kappa shape index (κ1) is 17.1. The van der Waals surface area contributed by atoms with Crippen molar-refractivity contribution >= 4 is 11.5 Å². The molecule has 0 saturated heterocycles. The fraction of sp³-hybridized carbons (Fsp3) is 0.562. The Labute approximate surface area is 127 Å². The van der Waals surface area contributed by atoms with Crippen LogP contribution in [0, 0.1) is 5.41 Å². The van der Waals surface area contributed by atoms with Gasteiger partial charge in [0.1, 0.15) is 11.6 Å². The summed E-state index contributed by atoms with van der Waals surface area (Å²) in [5, 5.41) is 15.2. The first-order valence-corrected chi connectivity index (χ1v) is 7.44. The van der Waals surface area contributed by atoms with E-state index in [4.69, 9.17) is 15.7 Å². The highest BCUT2D eigenvalue weighted by Crippen LogP contribution is 2.23. The Morgan fingerprint density at radius 1 is 1.29 bits per heavy atom. The Kier molecular flexibility index (Phi) is 6.85. The second-order valence-corrected chi connectivity index (χ2v) is 5.71. The van der Waals surface area contributed by atoms with Crippen molar-refractivity contribution in [1.29, 1.82) is 0 Å². The van der Waals surface area contributed by atoms with Crippen molar-refractivity contribution in [2.45, 2.75) is 40.0 Å². The quantitative estimate of drug-likeness (QED) is 0.214. The van der Waals surface area contributed by atoms with E-state index < -0.39 is 0 Å². The Bertz CT molecular complexity index is 441. The largest absolute Gasteiger partial charge is 0.494 e. The average Bonchev–Trinajstić information content (AvgIpc) is 2.48. The molecular formula is C16H27N3O2. The molecule has 0 unspecified atom stereocenters. The summed E-state index contributed by atoms with van der Waals surface area (Å²) in [5.74, 6) is 1.19. The first-order chi connectivity index (χ1) is 9.99. The number of hydrogen-bond donors (Lipinski definition) is 3. The zero-order valence-electron chi connectivity index (χ0n) is 13.2. The molecule has 0 amide bonds. The molecule has 0 atom stereocenters. The summed E-state index contributed by atoms with van der Waals surface area (Å²) >= 11 is 0. The molecule has 0 aliphatic rings. The molecule has 0 spiro atoms. The molecule has 0 aliphatic carbocycles. The Morgan fingerprint density at radius 3 is 2.52 bits per heavy atom. The van der Waals surface area contributed by atoms with Gasteiger partial charge in [0.05, 0.1) is 6.61 Å². The molecule has 0 aliphatic heterocycles. The van der Waals surface area contributed by atoms with Gasteiger partial charge < -0.3 is 21.0 Å². The van der Waals surface area contributed by atoms with Gasteiger partial charge in [0.15, 0.2) is 0 Å². The lowest BCUT2D eigenvalue weighted by molar-refractivity contribution is 0.304. The number of oxime groups is 1. The lowest BCUT2D eigenvalue weighted by Gasteiger charge is -2.22. The van der Waals surface area contributed by atoms with Gasteiger partial charge in [-0.15, -0.1) is 0 Å². The molecule has 5 heteroatoms. The van der Waals surface area contributed by atoms with E-state index in [-0.39, 0.29) is 5.41 Å². The minimum absolute atomic E-state index is 0.256. The maximum absolute atomic E-state index is 8.72. The standard InChI is InChI=1S/C16H27N3O2/c1-4-21-14-9-7-13(8-10-14)18-12-6-5-11-16(2,3)15(17)19-20/h7-10,18,20H,4-6,11-12H2,1-3H3,(H2,17,19). The molecule has 5 nitrogen and oxygen atoms in total. The summed E-state index contributed by atoms with van der Waals surface area (Å²) in [4.78, 5) is 0. The number of amidine groups is 1. The highest BCUT2D eigenvalue weighted by Gasteiger charge is 2.22. The first-order valence-electron chi connectivity index (χ1n) is 7.44. The third-order valence-corrected chi connectivity index (χ3v) is 3.52. The third-order valence-electron chi connectivity index (χ3n) is 3.52. The third kappa shape index (κ3) is 5.94. The monoisotopic (exact) mass is 293 g/mol. The fourth-order valence-electron chi connectivity index (χ4n) is 2.02. The van der Waals surface area contributed by atoms with Gasteiger partial charge in [-0.05, 0) is 44.0 Å². The van der Waals surface area contributed by atoms with E-state index in [0.29, 0.717) is 12.4 Å². The second-order valence-electron chi connectivity index (χ2n) is 5.71. The van der Waals surface area contributed by atoms with E-state index in [2.05, 4.69) is 10.5 Å². The molecule has 118 valence electrons. The summed E-state index contributed by atoms with van der Waals surface area (Å²) in [5.41, 5.74) is 6.50. The van der Waals surface area contributed by atoms with Gasteiger partial charge in [-0.3, -0.25) is 0 Å². The Morgan fingerprint density at radius 2 is 1.95 bits per heavy atom. The second kappa shape index (κ2) is 8.39. The average molecular weight is 293 g/mol. The van der Waals surface area contributed by atoms with Gasteiger partial charge in [0, 0.05) is 17.6 Å².